The average Bonchev–Trinajstić information content (AvgIpc) is 2.29. The van der Waals surface area contributed by atoms with Crippen molar-refractivity contribution >= 4 is 11.6 Å². The predicted octanol–water partition coefficient (Wildman–Crippen LogP) is 2.19. The summed E-state index contributed by atoms with van der Waals surface area (Å²) in [7, 11) is 0. The summed E-state index contributed by atoms with van der Waals surface area (Å²) in [5, 5.41) is 0. The zero-order chi connectivity index (χ0) is 11.1. The maximum absolute atomic E-state index is 12.2. The number of benzene rings is 1. The van der Waals surface area contributed by atoms with E-state index >= 15 is 0 Å². The van der Waals surface area contributed by atoms with Gasteiger partial charge in [0.05, 0.1) is 5.92 Å². The molecule has 16 heavy (non-hydrogen) atoms. The lowest BCUT2D eigenvalue weighted by Crippen LogP contribution is -2.38. The molecule has 0 aromatic heterocycles. The first-order chi connectivity index (χ1) is 7.77. The lowest BCUT2D eigenvalue weighted by atomic mass is 9.70. The molecule has 2 heteroatoms. The van der Waals surface area contributed by atoms with Crippen LogP contribution in [0.15, 0.2) is 36.4 Å². The molecule has 0 saturated heterocycles. The summed E-state index contributed by atoms with van der Waals surface area (Å²) in [6, 6.07) is 7.64. The lowest BCUT2D eigenvalue weighted by molar-refractivity contribution is -0.118. The number of hydrogen-bond acceptors (Lipinski definition) is 2. The molecule has 2 nitrogen and oxygen atoms in total. The fourth-order valence-corrected chi connectivity index (χ4v) is 2.76. The fourth-order valence-electron chi connectivity index (χ4n) is 2.76. The summed E-state index contributed by atoms with van der Waals surface area (Å²) in [5.74, 6) is -0.239. The molecule has 0 radical (unpaired) electrons. The summed E-state index contributed by atoms with van der Waals surface area (Å²) < 4.78 is 0. The number of carbonyl (C=O) groups excluding carboxylic acids is 2. The monoisotopic (exact) mass is 212 g/mol. The summed E-state index contributed by atoms with van der Waals surface area (Å²) in [4.78, 5) is 23.9. The number of allylic oxidation sites excluding steroid dienone is 2. The molecule has 0 amide bonds. The quantitative estimate of drug-likeness (QED) is 0.618. The molecule has 2 aliphatic carbocycles. The van der Waals surface area contributed by atoms with Gasteiger partial charge in [0.25, 0.3) is 0 Å². The van der Waals surface area contributed by atoms with Gasteiger partial charge in [0.2, 0.25) is 0 Å². The molecule has 1 aromatic rings. The van der Waals surface area contributed by atoms with E-state index in [0.29, 0.717) is 0 Å². The van der Waals surface area contributed by atoms with Crippen LogP contribution in [0.25, 0.3) is 0 Å². The van der Waals surface area contributed by atoms with Crippen LogP contribution in [-0.2, 0) is 11.2 Å². The summed E-state index contributed by atoms with van der Waals surface area (Å²) in [6.45, 7) is 0. The molecule has 80 valence electrons. The number of hydrogen-bond donors (Lipinski definition) is 0. The van der Waals surface area contributed by atoms with Gasteiger partial charge >= 0.3 is 0 Å². The minimum atomic E-state index is -0.417. The average molecular weight is 212 g/mol. The molecule has 0 fully saturated rings. The van der Waals surface area contributed by atoms with Crippen LogP contribution in [0.4, 0.5) is 0 Å². The lowest BCUT2D eigenvalue weighted by Gasteiger charge is -2.31. The molecule has 0 heterocycles. The normalized spacial score (nSPS) is 27.5. The molecule has 0 saturated carbocycles. The molecule has 0 bridgehead atoms. The molecule has 2 aliphatic rings. The van der Waals surface area contributed by atoms with Crippen LogP contribution in [0.2, 0.25) is 0 Å². The molecular weight excluding hydrogens is 200 g/mol. The Morgan fingerprint density at radius 1 is 1.12 bits per heavy atom. The first-order valence-corrected chi connectivity index (χ1v) is 5.60. The summed E-state index contributed by atoms with van der Waals surface area (Å²) in [6.07, 6.45) is 5.15. The summed E-state index contributed by atoms with van der Waals surface area (Å²) in [5.41, 5.74) is 1.84. The van der Waals surface area contributed by atoms with Crippen molar-refractivity contribution in [1.82, 2.24) is 0 Å². The molecule has 2 unspecified atom stereocenters. The van der Waals surface area contributed by atoms with Crippen molar-refractivity contribution in [3.05, 3.63) is 47.5 Å². The van der Waals surface area contributed by atoms with E-state index in [-0.39, 0.29) is 17.5 Å². The van der Waals surface area contributed by atoms with Crippen LogP contribution in [0.5, 0.6) is 0 Å². The van der Waals surface area contributed by atoms with Gasteiger partial charge in [-0.15, -0.1) is 0 Å². The Bertz CT molecular complexity index is 499. The molecule has 2 atom stereocenters. The standard InChI is InChI=1S/C14H12O2/c15-12-7-3-5-10-8-9-4-1-2-6-11(9)14(16)13(10)12/h1-4,6-7,10,13H,5,8H2. The van der Waals surface area contributed by atoms with Crippen molar-refractivity contribution in [3.8, 4) is 0 Å². The van der Waals surface area contributed by atoms with E-state index in [1.165, 1.54) is 0 Å². The van der Waals surface area contributed by atoms with Gasteiger partial charge < -0.3 is 0 Å². The van der Waals surface area contributed by atoms with Crippen molar-refractivity contribution in [2.24, 2.45) is 11.8 Å². The Morgan fingerprint density at radius 3 is 2.81 bits per heavy atom. The van der Waals surface area contributed by atoms with Crippen molar-refractivity contribution in [1.29, 1.82) is 0 Å². The van der Waals surface area contributed by atoms with E-state index in [4.69, 9.17) is 0 Å². The minimum Gasteiger partial charge on any atom is -0.294 e. The van der Waals surface area contributed by atoms with Crippen LogP contribution in [0.3, 0.4) is 0 Å². The van der Waals surface area contributed by atoms with E-state index in [9.17, 15) is 9.59 Å². The molecular formula is C14H12O2. The molecule has 0 aliphatic heterocycles. The third-order valence-corrected chi connectivity index (χ3v) is 3.55. The fraction of sp³-hybridized carbons (Fsp3) is 0.286. The molecule has 0 spiro atoms. The van der Waals surface area contributed by atoms with Gasteiger partial charge in [0.1, 0.15) is 0 Å². The van der Waals surface area contributed by atoms with Gasteiger partial charge in [-0.25, -0.2) is 0 Å². The second kappa shape index (κ2) is 3.41. The van der Waals surface area contributed by atoms with Crippen LogP contribution >= 0.6 is 0 Å². The van der Waals surface area contributed by atoms with E-state index in [0.717, 1.165) is 24.0 Å². The first-order valence-electron chi connectivity index (χ1n) is 5.60. The van der Waals surface area contributed by atoms with E-state index in [1.807, 2.05) is 30.3 Å². The van der Waals surface area contributed by atoms with Crippen LogP contribution < -0.4 is 0 Å². The first kappa shape index (κ1) is 9.52. The largest absolute Gasteiger partial charge is 0.294 e. The number of carbonyl (C=O) groups is 2. The van der Waals surface area contributed by atoms with Gasteiger partial charge in [0, 0.05) is 5.56 Å². The smallest absolute Gasteiger partial charge is 0.174 e. The second-order valence-electron chi connectivity index (χ2n) is 4.50. The number of fused-ring (bicyclic) bond motifs is 2. The molecule has 0 N–H and O–H groups in total. The van der Waals surface area contributed by atoms with Gasteiger partial charge in [0.15, 0.2) is 11.6 Å². The highest BCUT2D eigenvalue weighted by Crippen LogP contribution is 2.35. The highest BCUT2D eigenvalue weighted by molar-refractivity contribution is 6.15. The number of ketones is 2. The number of Topliss-reactive ketones (excluding diaryl/α,β-unsaturated/α-hetero) is 1. The number of rotatable bonds is 0. The summed E-state index contributed by atoms with van der Waals surface area (Å²) >= 11 is 0. The van der Waals surface area contributed by atoms with E-state index in [2.05, 4.69) is 0 Å². The zero-order valence-corrected chi connectivity index (χ0v) is 8.85. The highest BCUT2D eigenvalue weighted by atomic mass is 16.1. The van der Waals surface area contributed by atoms with Gasteiger partial charge in [-0.3, -0.25) is 9.59 Å². The van der Waals surface area contributed by atoms with E-state index < -0.39 is 5.92 Å². The zero-order valence-electron chi connectivity index (χ0n) is 8.85. The van der Waals surface area contributed by atoms with Crippen molar-refractivity contribution in [2.75, 3.05) is 0 Å². The maximum Gasteiger partial charge on any atom is 0.174 e. The Balaban J connectivity index is 2.10. The van der Waals surface area contributed by atoms with Gasteiger partial charge in [-0.05, 0) is 30.4 Å². The Labute approximate surface area is 94.0 Å². The van der Waals surface area contributed by atoms with Crippen molar-refractivity contribution in [2.45, 2.75) is 12.8 Å². The SMILES string of the molecule is O=C1C=CCC2Cc3ccccc3C(=O)C12. The maximum atomic E-state index is 12.2. The van der Waals surface area contributed by atoms with Crippen LogP contribution in [-0.4, -0.2) is 11.6 Å². The van der Waals surface area contributed by atoms with Crippen LogP contribution in [0, 0.1) is 11.8 Å². The van der Waals surface area contributed by atoms with Crippen LogP contribution in [0.1, 0.15) is 22.3 Å². The highest BCUT2D eigenvalue weighted by Gasteiger charge is 2.39. The van der Waals surface area contributed by atoms with E-state index in [1.54, 1.807) is 6.08 Å². The second-order valence-corrected chi connectivity index (χ2v) is 4.50. The third-order valence-electron chi connectivity index (χ3n) is 3.55. The predicted molar refractivity (Wildman–Crippen MR) is 60.2 cm³/mol. The van der Waals surface area contributed by atoms with Gasteiger partial charge in [-0.2, -0.15) is 0 Å². The van der Waals surface area contributed by atoms with Crippen molar-refractivity contribution in [3.63, 3.8) is 0 Å². The van der Waals surface area contributed by atoms with Gasteiger partial charge in [-0.1, -0.05) is 30.3 Å². The Hall–Kier alpha value is -1.70. The topological polar surface area (TPSA) is 34.1 Å². The van der Waals surface area contributed by atoms with Crippen molar-refractivity contribution < 1.29 is 9.59 Å². The molecule has 1 aromatic carbocycles. The third kappa shape index (κ3) is 1.26. The minimum absolute atomic E-state index is 0.0150. The Morgan fingerprint density at radius 2 is 1.94 bits per heavy atom. The Kier molecular flexibility index (Phi) is 2.03. The molecule has 3 rings (SSSR count).